The van der Waals surface area contributed by atoms with E-state index in [1.54, 1.807) is 23.5 Å². The van der Waals surface area contributed by atoms with E-state index in [4.69, 9.17) is 9.47 Å². The van der Waals surface area contributed by atoms with E-state index in [1.165, 1.54) is 5.57 Å². The first kappa shape index (κ1) is 18.6. The van der Waals surface area contributed by atoms with Crippen LogP contribution in [0.15, 0.2) is 71.6 Å². The second kappa shape index (κ2) is 8.11. The summed E-state index contributed by atoms with van der Waals surface area (Å²) >= 11 is 1.68. The maximum absolute atomic E-state index is 13.7. The van der Waals surface area contributed by atoms with Gasteiger partial charge in [0.1, 0.15) is 17.3 Å². The number of morpholine rings is 1. The molecule has 3 nitrogen and oxygen atoms in total. The largest absolute Gasteiger partial charge is 0.456 e. The summed E-state index contributed by atoms with van der Waals surface area (Å²) < 4.78 is 25.7. The first-order valence-electron chi connectivity index (χ1n) is 9.89. The minimum Gasteiger partial charge on any atom is -0.456 e. The van der Waals surface area contributed by atoms with Crippen LogP contribution in [-0.2, 0) is 4.74 Å². The SMILES string of the molecule is Fc1ccc(C2C(CN3CCOCC3)=C(c3cccs3)Oc3ccccc32)cc1. The zero-order valence-corrected chi connectivity index (χ0v) is 16.8. The summed E-state index contributed by atoms with van der Waals surface area (Å²) in [7, 11) is 0. The molecule has 3 heterocycles. The average molecular weight is 408 g/mol. The van der Waals surface area contributed by atoms with E-state index in [2.05, 4.69) is 28.5 Å². The lowest BCUT2D eigenvalue weighted by atomic mass is 9.81. The summed E-state index contributed by atoms with van der Waals surface area (Å²) in [4.78, 5) is 3.54. The molecule has 29 heavy (non-hydrogen) atoms. The molecule has 1 fully saturated rings. The number of hydrogen-bond donors (Lipinski definition) is 0. The maximum Gasteiger partial charge on any atom is 0.146 e. The predicted molar refractivity (Wildman–Crippen MR) is 114 cm³/mol. The van der Waals surface area contributed by atoms with Crippen LogP contribution in [0.2, 0.25) is 0 Å². The van der Waals surface area contributed by atoms with Crippen LogP contribution in [0.1, 0.15) is 21.9 Å². The lowest BCUT2D eigenvalue weighted by Gasteiger charge is -2.35. The molecule has 148 valence electrons. The topological polar surface area (TPSA) is 21.7 Å². The number of ether oxygens (including phenoxy) is 2. The van der Waals surface area contributed by atoms with Crippen molar-refractivity contribution in [2.75, 3.05) is 32.8 Å². The van der Waals surface area contributed by atoms with Gasteiger partial charge in [-0.05, 0) is 35.2 Å². The summed E-state index contributed by atoms with van der Waals surface area (Å²) in [6, 6.07) is 19.2. The number of hydrogen-bond acceptors (Lipinski definition) is 4. The van der Waals surface area contributed by atoms with Crippen molar-refractivity contribution in [3.8, 4) is 5.75 Å². The number of thiophene rings is 1. The fourth-order valence-corrected chi connectivity index (χ4v) is 4.86. The van der Waals surface area contributed by atoms with Gasteiger partial charge in [0.2, 0.25) is 0 Å². The van der Waals surface area contributed by atoms with Crippen LogP contribution in [0.25, 0.3) is 5.76 Å². The summed E-state index contributed by atoms with van der Waals surface area (Å²) in [5.41, 5.74) is 3.43. The van der Waals surface area contributed by atoms with E-state index in [-0.39, 0.29) is 11.7 Å². The van der Waals surface area contributed by atoms with E-state index >= 15 is 0 Å². The quantitative estimate of drug-likeness (QED) is 0.597. The molecule has 0 bridgehead atoms. The fourth-order valence-electron chi connectivity index (χ4n) is 4.12. The van der Waals surface area contributed by atoms with Crippen LogP contribution in [-0.4, -0.2) is 37.7 Å². The first-order chi connectivity index (χ1) is 14.3. The van der Waals surface area contributed by atoms with Gasteiger partial charge in [-0.25, -0.2) is 4.39 Å². The summed E-state index contributed by atoms with van der Waals surface area (Å²) in [5.74, 6) is 1.61. The van der Waals surface area contributed by atoms with Gasteiger partial charge >= 0.3 is 0 Å². The highest BCUT2D eigenvalue weighted by Gasteiger charge is 2.33. The Hall–Kier alpha value is -2.47. The highest BCUT2D eigenvalue weighted by molar-refractivity contribution is 7.11. The third kappa shape index (κ3) is 3.73. The van der Waals surface area contributed by atoms with Gasteiger partial charge in [-0.2, -0.15) is 0 Å². The lowest BCUT2D eigenvalue weighted by Crippen LogP contribution is -2.39. The van der Waals surface area contributed by atoms with Gasteiger partial charge in [0.15, 0.2) is 0 Å². The number of para-hydroxylation sites is 1. The Morgan fingerprint density at radius 3 is 2.52 bits per heavy atom. The third-order valence-corrected chi connectivity index (χ3v) is 6.40. The van der Waals surface area contributed by atoms with Gasteiger partial charge in [-0.15, -0.1) is 11.3 Å². The molecule has 0 radical (unpaired) electrons. The minimum atomic E-state index is -0.216. The molecule has 1 saturated heterocycles. The molecule has 1 unspecified atom stereocenters. The zero-order chi connectivity index (χ0) is 19.6. The van der Waals surface area contributed by atoms with Gasteiger partial charge in [-0.3, -0.25) is 4.90 Å². The van der Waals surface area contributed by atoms with Crippen molar-refractivity contribution in [3.63, 3.8) is 0 Å². The van der Waals surface area contributed by atoms with E-state index in [0.29, 0.717) is 0 Å². The molecular weight excluding hydrogens is 385 g/mol. The van der Waals surface area contributed by atoms with Crippen LogP contribution in [0.5, 0.6) is 5.75 Å². The monoisotopic (exact) mass is 407 g/mol. The molecular formula is C24H22FNO2S. The second-order valence-corrected chi connectivity index (χ2v) is 8.29. The molecule has 0 spiro atoms. The number of benzene rings is 2. The number of fused-ring (bicyclic) bond motifs is 1. The number of halogens is 1. The smallest absolute Gasteiger partial charge is 0.146 e. The zero-order valence-electron chi connectivity index (χ0n) is 16.0. The molecule has 0 amide bonds. The van der Waals surface area contributed by atoms with Crippen molar-refractivity contribution < 1.29 is 13.9 Å². The Kier molecular flexibility index (Phi) is 5.19. The van der Waals surface area contributed by atoms with Crippen LogP contribution in [0, 0.1) is 5.82 Å². The standard InChI is InChI=1S/C24H22FNO2S/c25-18-9-7-17(8-10-18)23-19-4-1-2-5-21(19)28-24(22-6-3-15-29-22)20(23)16-26-11-13-27-14-12-26/h1-10,15,23H,11-14,16H2. The van der Waals surface area contributed by atoms with Crippen molar-refractivity contribution in [1.29, 1.82) is 0 Å². The highest BCUT2D eigenvalue weighted by Crippen LogP contribution is 2.46. The van der Waals surface area contributed by atoms with Crippen LogP contribution in [0.4, 0.5) is 4.39 Å². The first-order valence-corrected chi connectivity index (χ1v) is 10.8. The van der Waals surface area contributed by atoms with Crippen molar-refractivity contribution >= 4 is 17.1 Å². The van der Waals surface area contributed by atoms with Crippen molar-refractivity contribution in [1.82, 2.24) is 4.90 Å². The highest BCUT2D eigenvalue weighted by atomic mass is 32.1. The van der Waals surface area contributed by atoms with E-state index in [1.807, 2.05) is 30.3 Å². The Morgan fingerprint density at radius 1 is 0.966 bits per heavy atom. The van der Waals surface area contributed by atoms with Gasteiger partial charge in [0.05, 0.1) is 18.1 Å². The molecule has 0 aliphatic carbocycles. The molecule has 2 aromatic carbocycles. The number of rotatable bonds is 4. The van der Waals surface area contributed by atoms with Gasteiger partial charge < -0.3 is 9.47 Å². The summed E-state index contributed by atoms with van der Waals surface area (Å²) in [6.07, 6.45) is 0. The molecule has 0 saturated carbocycles. The normalized spacial score (nSPS) is 19.7. The third-order valence-electron chi connectivity index (χ3n) is 5.53. The van der Waals surface area contributed by atoms with E-state index in [0.717, 1.165) is 60.4 Å². The Balaban J connectivity index is 1.66. The van der Waals surface area contributed by atoms with E-state index < -0.39 is 0 Å². The predicted octanol–water partition coefficient (Wildman–Crippen LogP) is 5.16. The minimum absolute atomic E-state index is 0.0282. The van der Waals surface area contributed by atoms with Crippen LogP contribution < -0.4 is 4.74 Å². The van der Waals surface area contributed by atoms with Gasteiger partial charge in [0, 0.05) is 36.7 Å². The molecule has 5 rings (SSSR count). The number of nitrogens with zero attached hydrogens (tertiary/aromatic N) is 1. The fraction of sp³-hybridized carbons (Fsp3) is 0.250. The van der Waals surface area contributed by atoms with Crippen molar-refractivity contribution in [2.45, 2.75) is 5.92 Å². The van der Waals surface area contributed by atoms with E-state index in [9.17, 15) is 4.39 Å². The molecule has 2 aliphatic heterocycles. The molecule has 0 N–H and O–H groups in total. The molecule has 1 atom stereocenters. The Bertz CT molecular complexity index is 1010. The van der Waals surface area contributed by atoms with Crippen molar-refractivity contribution in [2.24, 2.45) is 0 Å². The second-order valence-electron chi connectivity index (χ2n) is 7.34. The average Bonchev–Trinajstić information content (AvgIpc) is 3.30. The Morgan fingerprint density at radius 2 is 1.76 bits per heavy atom. The van der Waals surface area contributed by atoms with Crippen LogP contribution in [0.3, 0.4) is 0 Å². The maximum atomic E-state index is 13.7. The summed E-state index contributed by atoms with van der Waals surface area (Å²) in [5, 5.41) is 2.07. The summed E-state index contributed by atoms with van der Waals surface area (Å²) in [6.45, 7) is 4.10. The van der Waals surface area contributed by atoms with Gasteiger partial charge in [0.25, 0.3) is 0 Å². The van der Waals surface area contributed by atoms with Crippen molar-refractivity contribution in [3.05, 3.63) is 93.4 Å². The Labute approximate surface area is 174 Å². The van der Waals surface area contributed by atoms with Gasteiger partial charge in [-0.1, -0.05) is 36.4 Å². The molecule has 2 aliphatic rings. The molecule has 1 aromatic heterocycles. The molecule has 3 aromatic rings. The van der Waals surface area contributed by atoms with Crippen LogP contribution >= 0.6 is 11.3 Å². The lowest BCUT2D eigenvalue weighted by molar-refractivity contribution is 0.0417. The molecule has 5 heteroatoms.